The number of carbonyl (C=O) groups is 1. The molecule has 2 saturated heterocycles. The Bertz CT molecular complexity index is 1120. The second-order valence-electron chi connectivity index (χ2n) is 12.1. The quantitative estimate of drug-likeness (QED) is 0.0807. The van der Waals surface area contributed by atoms with E-state index in [1.807, 2.05) is 0 Å². The number of nitrogens with two attached hydrogens (primary N) is 2. The Hall–Kier alpha value is -1.97. The summed E-state index contributed by atoms with van der Waals surface area (Å²) >= 11 is 0. The zero-order valence-electron chi connectivity index (χ0n) is 24.7. The highest BCUT2D eigenvalue weighted by Crippen LogP contribution is 2.30. The van der Waals surface area contributed by atoms with E-state index in [2.05, 4.69) is 15.1 Å². The van der Waals surface area contributed by atoms with E-state index in [4.69, 9.17) is 16.7 Å². The highest BCUT2D eigenvalue weighted by Gasteiger charge is 2.37. The van der Waals surface area contributed by atoms with Crippen LogP contribution in [-0.4, -0.2) is 85.5 Å². The van der Waals surface area contributed by atoms with E-state index in [9.17, 15) is 21.6 Å². The van der Waals surface area contributed by atoms with Crippen LogP contribution < -0.4 is 11.5 Å². The van der Waals surface area contributed by atoms with E-state index in [-0.39, 0.29) is 41.5 Å². The molecule has 42 heavy (non-hydrogen) atoms. The van der Waals surface area contributed by atoms with Gasteiger partial charge in [0.05, 0.1) is 23.6 Å². The zero-order chi connectivity index (χ0) is 30.6. The number of nitrogens with zero attached hydrogens (tertiary/aromatic N) is 4. The van der Waals surface area contributed by atoms with Crippen molar-refractivity contribution >= 4 is 38.2 Å². The second-order valence-corrected chi connectivity index (χ2v) is 16.0. The lowest BCUT2D eigenvalue weighted by molar-refractivity contribution is -0.128. The fourth-order valence-electron chi connectivity index (χ4n) is 6.77. The molecule has 5 N–H and O–H groups in total. The van der Waals surface area contributed by atoms with Gasteiger partial charge in [-0.05, 0) is 63.2 Å². The first-order valence-corrected chi connectivity index (χ1v) is 18.7. The summed E-state index contributed by atoms with van der Waals surface area (Å²) in [5, 5.41) is 15.3. The summed E-state index contributed by atoms with van der Waals surface area (Å²) in [5.74, 6) is 0.971. The Balaban J connectivity index is 0.000000231. The number of sulfonamides is 2. The molecule has 0 amide bonds. The molecule has 13 nitrogen and oxygen atoms in total. The minimum atomic E-state index is -3.37. The Labute approximate surface area is 251 Å². The van der Waals surface area contributed by atoms with E-state index >= 15 is 0 Å². The third kappa shape index (κ3) is 10.1. The third-order valence-electron chi connectivity index (χ3n) is 8.96. The lowest BCUT2D eigenvalue weighted by Crippen LogP contribution is -2.51. The van der Waals surface area contributed by atoms with Gasteiger partial charge in [0.15, 0.2) is 11.7 Å². The number of hydrogen-bond donors (Lipinski definition) is 3. The molecule has 2 saturated carbocycles. The van der Waals surface area contributed by atoms with Gasteiger partial charge in [0.1, 0.15) is 0 Å². The van der Waals surface area contributed by atoms with Crippen LogP contribution in [0.4, 0.5) is 0 Å². The van der Waals surface area contributed by atoms with Gasteiger partial charge in [-0.2, -0.15) is 8.61 Å². The van der Waals surface area contributed by atoms with Gasteiger partial charge in [-0.1, -0.05) is 61.7 Å². The smallest absolute Gasteiger partial charge is 0.323 e. The molecule has 2 heterocycles. The maximum absolute atomic E-state index is 12.7. The summed E-state index contributed by atoms with van der Waals surface area (Å²) in [6, 6.07) is -0.968. The number of hydrogen-bond acceptors (Lipinski definition) is 9. The Morgan fingerprint density at radius 1 is 0.690 bits per heavy atom. The first kappa shape index (κ1) is 34.5. The van der Waals surface area contributed by atoms with Crippen molar-refractivity contribution in [3.8, 4) is 0 Å². The van der Waals surface area contributed by atoms with Crippen LogP contribution in [0, 0.1) is 11.8 Å². The normalized spacial score (nSPS) is 26.7. The summed E-state index contributed by atoms with van der Waals surface area (Å²) in [7, 11) is -6.70. The average molecular weight is 635 g/mol. The first-order valence-electron chi connectivity index (χ1n) is 15.5. The number of amidine groups is 2. The molecule has 4 fully saturated rings. The maximum atomic E-state index is 12.7. The SMILES string of the molecule is N/C(=N\O)[C@@H]1CCCCN1S(=O)(=O)CC1CCCCC1.N/C(=N\OC=O)[C@@H]1CCCCN1S(=O)(=O)CC1CCCCC1. The molecule has 242 valence electrons. The molecule has 15 heteroatoms. The molecule has 0 aromatic rings. The number of rotatable bonds is 10. The highest BCUT2D eigenvalue weighted by atomic mass is 32.2. The summed E-state index contributed by atoms with van der Waals surface area (Å²) in [4.78, 5) is 14.5. The van der Waals surface area contributed by atoms with E-state index in [0.717, 1.165) is 77.0 Å². The third-order valence-corrected chi connectivity index (χ3v) is 13.1. The van der Waals surface area contributed by atoms with Gasteiger partial charge >= 0.3 is 6.47 Å². The molecule has 0 aromatic heterocycles. The van der Waals surface area contributed by atoms with Crippen LogP contribution >= 0.6 is 0 Å². The van der Waals surface area contributed by atoms with E-state index < -0.39 is 32.1 Å². The molecule has 0 spiro atoms. The molecule has 0 unspecified atom stereocenters. The molecule has 0 aromatic carbocycles. The first-order chi connectivity index (χ1) is 20.1. The number of carbonyl (C=O) groups excluding carboxylic acids is 1. The molecule has 0 radical (unpaired) electrons. The second kappa shape index (κ2) is 16.8. The number of piperidine rings is 2. The molecule has 2 aliphatic heterocycles. The van der Waals surface area contributed by atoms with Crippen LogP contribution in [0.15, 0.2) is 10.3 Å². The van der Waals surface area contributed by atoms with Crippen LogP contribution in [0.3, 0.4) is 0 Å². The van der Waals surface area contributed by atoms with Crippen LogP contribution in [0.2, 0.25) is 0 Å². The van der Waals surface area contributed by atoms with Crippen molar-refractivity contribution in [3.05, 3.63) is 0 Å². The lowest BCUT2D eigenvalue weighted by atomic mass is 9.91. The van der Waals surface area contributed by atoms with Crippen LogP contribution in [0.1, 0.15) is 103 Å². The summed E-state index contributed by atoms with van der Waals surface area (Å²) < 4.78 is 53.6. The van der Waals surface area contributed by atoms with Gasteiger partial charge in [0.2, 0.25) is 20.0 Å². The summed E-state index contributed by atoms with van der Waals surface area (Å²) in [6.07, 6.45) is 15.6. The minimum Gasteiger partial charge on any atom is -0.409 e. The largest absolute Gasteiger partial charge is 0.409 e. The maximum Gasteiger partial charge on any atom is 0.323 e. The van der Waals surface area contributed by atoms with Gasteiger partial charge in [0, 0.05) is 13.1 Å². The molecule has 2 atom stereocenters. The monoisotopic (exact) mass is 634 g/mol. The van der Waals surface area contributed by atoms with E-state index in [0.29, 0.717) is 25.9 Å². The molecular weight excluding hydrogens is 584 g/mol. The van der Waals surface area contributed by atoms with E-state index in [1.54, 1.807) is 0 Å². The van der Waals surface area contributed by atoms with Crippen molar-refractivity contribution in [1.29, 1.82) is 0 Å². The predicted molar refractivity (Wildman–Crippen MR) is 162 cm³/mol. The van der Waals surface area contributed by atoms with Crippen molar-refractivity contribution < 1.29 is 31.7 Å². The van der Waals surface area contributed by atoms with E-state index in [1.165, 1.54) is 21.5 Å². The van der Waals surface area contributed by atoms with Crippen molar-refractivity contribution in [2.24, 2.45) is 33.6 Å². The standard InChI is InChI=1S/C14H25N3O4S.C13H25N3O3S/c15-14(16-21-11-18)13-8-4-5-9-17(13)22(19,20)10-12-6-2-1-3-7-12;14-13(15-17)12-8-4-5-9-16(12)20(18,19)10-11-6-2-1-3-7-11/h11-13H,1-10H2,(H2,15,16);11-12,17H,1-10H2,(H2,14,15)/t13-;12-/m00/s1. The Morgan fingerprint density at radius 2 is 1.10 bits per heavy atom. The van der Waals surface area contributed by atoms with Gasteiger partial charge < -0.3 is 21.5 Å². The molecule has 0 bridgehead atoms. The zero-order valence-corrected chi connectivity index (χ0v) is 26.3. The number of oxime groups is 2. The average Bonchev–Trinajstić information content (AvgIpc) is 3.00. The molecule has 4 aliphatic rings. The van der Waals surface area contributed by atoms with Gasteiger partial charge in [-0.15, -0.1) is 0 Å². The Morgan fingerprint density at radius 3 is 1.50 bits per heavy atom. The fraction of sp³-hybridized carbons (Fsp3) is 0.889. The minimum absolute atomic E-state index is 0.0110. The van der Waals surface area contributed by atoms with Crippen molar-refractivity contribution in [3.63, 3.8) is 0 Å². The Kier molecular flexibility index (Phi) is 13.8. The topological polar surface area (TPSA) is 198 Å². The highest BCUT2D eigenvalue weighted by molar-refractivity contribution is 7.89. The fourth-order valence-corrected chi connectivity index (χ4v) is 11.0. The van der Waals surface area contributed by atoms with Crippen molar-refractivity contribution in [2.45, 2.75) is 115 Å². The van der Waals surface area contributed by atoms with Crippen LogP contribution in [0.5, 0.6) is 0 Å². The summed E-state index contributed by atoms with van der Waals surface area (Å²) in [5.41, 5.74) is 11.5. The van der Waals surface area contributed by atoms with Crippen LogP contribution in [0.25, 0.3) is 0 Å². The summed E-state index contributed by atoms with van der Waals surface area (Å²) in [6.45, 7) is 1.11. The van der Waals surface area contributed by atoms with Crippen LogP contribution in [-0.2, 0) is 29.7 Å². The molecular formula is C27H50N6O7S2. The van der Waals surface area contributed by atoms with Crippen molar-refractivity contribution in [1.82, 2.24) is 8.61 Å². The molecule has 4 rings (SSSR count). The van der Waals surface area contributed by atoms with Gasteiger partial charge in [-0.3, -0.25) is 4.79 Å². The van der Waals surface area contributed by atoms with Crippen molar-refractivity contribution in [2.75, 3.05) is 24.6 Å². The molecule has 2 aliphatic carbocycles. The predicted octanol–water partition coefficient (Wildman–Crippen LogP) is 2.69. The van der Waals surface area contributed by atoms with Gasteiger partial charge in [-0.25, -0.2) is 16.8 Å². The van der Waals surface area contributed by atoms with Gasteiger partial charge in [0.25, 0.3) is 0 Å². The lowest BCUT2D eigenvalue weighted by Gasteiger charge is -2.35.